The summed E-state index contributed by atoms with van der Waals surface area (Å²) in [5.41, 5.74) is 1.41. The third-order valence-corrected chi connectivity index (χ3v) is 6.56. The number of aromatic nitrogens is 3. The first-order chi connectivity index (χ1) is 14.2. The van der Waals surface area contributed by atoms with E-state index in [1.54, 1.807) is 22.2 Å². The molecule has 0 saturated carbocycles. The molecule has 8 nitrogen and oxygen atoms in total. The minimum absolute atomic E-state index is 0.000435. The smallest absolute Gasteiger partial charge is 0.360 e. The number of thiophene rings is 1. The van der Waals surface area contributed by atoms with Crippen LogP contribution in [0.15, 0.2) is 23.0 Å². The van der Waals surface area contributed by atoms with Crippen molar-refractivity contribution in [1.82, 2.24) is 24.8 Å². The summed E-state index contributed by atoms with van der Waals surface area (Å²) < 4.78 is 6.44. The Morgan fingerprint density at radius 3 is 2.72 bits per heavy atom. The molecule has 2 fully saturated rings. The highest BCUT2D eigenvalue weighted by Gasteiger charge is 2.40. The van der Waals surface area contributed by atoms with Gasteiger partial charge in [0.2, 0.25) is 5.91 Å². The van der Waals surface area contributed by atoms with Crippen LogP contribution in [0.4, 0.5) is 0 Å². The summed E-state index contributed by atoms with van der Waals surface area (Å²) in [6, 6.07) is 1.93. The zero-order valence-corrected chi connectivity index (χ0v) is 17.5. The van der Waals surface area contributed by atoms with Gasteiger partial charge in [0.15, 0.2) is 5.69 Å². The van der Waals surface area contributed by atoms with Crippen LogP contribution in [-0.4, -0.2) is 69.5 Å². The predicted molar refractivity (Wildman–Crippen MR) is 109 cm³/mol. The molecule has 2 aromatic heterocycles. The Balaban J connectivity index is 1.53. The van der Waals surface area contributed by atoms with Gasteiger partial charge in [-0.3, -0.25) is 9.69 Å². The van der Waals surface area contributed by atoms with Gasteiger partial charge in [0.05, 0.1) is 25.4 Å². The first-order valence-corrected chi connectivity index (χ1v) is 11.1. The van der Waals surface area contributed by atoms with E-state index in [-0.39, 0.29) is 23.7 Å². The van der Waals surface area contributed by atoms with Gasteiger partial charge in [-0.05, 0) is 41.7 Å². The highest BCUT2D eigenvalue weighted by molar-refractivity contribution is 7.07. The van der Waals surface area contributed by atoms with Gasteiger partial charge >= 0.3 is 5.97 Å². The van der Waals surface area contributed by atoms with Crippen LogP contribution in [-0.2, 0) is 16.1 Å². The average Bonchev–Trinajstić information content (AvgIpc) is 3.45. The molecule has 0 spiro atoms. The van der Waals surface area contributed by atoms with E-state index in [0.717, 1.165) is 32.5 Å². The third-order valence-electron chi connectivity index (χ3n) is 5.83. The van der Waals surface area contributed by atoms with Gasteiger partial charge in [-0.2, -0.15) is 11.3 Å². The van der Waals surface area contributed by atoms with Gasteiger partial charge in [-0.15, -0.1) is 5.10 Å². The van der Waals surface area contributed by atoms with Crippen LogP contribution < -0.4 is 0 Å². The second kappa shape index (κ2) is 9.04. The zero-order valence-electron chi connectivity index (χ0n) is 16.7. The molecule has 2 aliphatic rings. The molecule has 2 aliphatic heterocycles. The maximum Gasteiger partial charge on any atom is 0.360 e. The number of ether oxygens (including phenoxy) is 1. The fourth-order valence-electron chi connectivity index (χ4n) is 4.27. The number of nitrogens with zero attached hydrogens (tertiary/aromatic N) is 5. The van der Waals surface area contributed by atoms with Crippen molar-refractivity contribution in [3.63, 3.8) is 0 Å². The molecule has 29 heavy (non-hydrogen) atoms. The van der Waals surface area contributed by atoms with Gasteiger partial charge in [0.1, 0.15) is 0 Å². The normalized spacial score (nSPS) is 23.1. The number of esters is 1. The van der Waals surface area contributed by atoms with Gasteiger partial charge in [0.25, 0.3) is 0 Å². The summed E-state index contributed by atoms with van der Waals surface area (Å²) in [5.74, 6) is -0.278. The van der Waals surface area contributed by atoms with E-state index in [1.165, 1.54) is 25.5 Å². The number of hydrogen-bond acceptors (Lipinski definition) is 7. The lowest BCUT2D eigenvalue weighted by molar-refractivity contribution is -0.136. The number of carbonyl (C=O) groups is 2. The molecule has 2 aromatic rings. The number of likely N-dealkylation sites (tertiary alicyclic amines) is 2. The number of rotatable bonds is 5. The van der Waals surface area contributed by atoms with Crippen molar-refractivity contribution in [1.29, 1.82) is 0 Å². The Hall–Kier alpha value is -2.26. The van der Waals surface area contributed by atoms with Crippen molar-refractivity contribution in [2.45, 2.75) is 50.7 Å². The molecular formula is C20H27N5O3S. The molecule has 0 aliphatic carbocycles. The van der Waals surface area contributed by atoms with Gasteiger partial charge in [0, 0.05) is 26.2 Å². The summed E-state index contributed by atoms with van der Waals surface area (Å²) in [7, 11) is 1.33. The number of amides is 1. The van der Waals surface area contributed by atoms with Crippen molar-refractivity contribution in [3.8, 4) is 0 Å². The van der Waals surface area contributed by atoms with Crippen LogP contribution >= 0.6 is 11.3 Å². The summed E-state index contributed by atoms with van der Waals surface area (Å²) in [6.07, 6.45) is 6.85. The van der Waals surface area contributed by atoms with E-state index < -0.39 is 5.97 Å². The first kappa shape index (κ1) is 20.0. The summed E-state index contributed by atoms with van der Waals surface area (Å²) >= 11 is 1.67. The van der Waals surface area contributed by atoms with Crippen molar-refractivity contribution in [3.05, 3.63) is 34.3 Å². The topological polar surface area (TPSA) is 80.6 Å². The van der Waals surface area contributed by atoms with Crippen LogP contribution in [0.2, 0.25) is 0 Å². The van der Waals surface area contributed by atoms with Crippen LogP contribution in [0.3, 0.4) is 0 Å². The monoisotopic (exact) mass is 417 g/mol. The Bertz CT molecular complexity index is 829. The summed E-state index contributed by atoms with van der Waals surface area (Å²) in [4.78, 5) is 29.4. The lowest BCUT2D eigenvalue weighted by atomic mass is 10.1. The molecule has 0 N–H and O–H groups in total. The first-order valence-electron chi connectivity index (χ1n) is 10.2. The van der Waals surface area contributed by atoms with Crippen molar-refractivity contribution in [2.24, 2.45) is 0 Å². The predicted octanol–water partition coefficient (Wildman–Crippen LogP) is 2.34. The molecule has 4 rings (SSSR count). The van der Waals surface area contributed by atoms with Crippen molar-refractivity contribution in [2.75, 3.05) is 26.7 Å². The Morgan fingerprint density at radius 2 is 2.03 bits per heavy atom. The molecule has 9 heteroatoms. The summed E-state index contributed by atoms with van der Waals surface area (Å²) in [6.45, 7) is 3.14. The van der Waals surface area contributed by atoms with Gasteiger partial charge < -0.3 is 9.64 Å². The lowest BCUT2D eigenvalue weighted by Gasteiger charge is -2.29. The van der Waals surface area contributed by atoms with E-state index in [9.17, 15) is 9.59 Å². The molecule has 0 unspecified atom stereocenters. The average molecular weight is 418 g/mol. The van der Waals surface area contributed by atoms with E-state index in [2.05, 4.69) is 32.0 Å². The maximum atomic E-state index is 13.4. The van der Waals surface area contributed by atoms with E-state index in [0.29, 0.717) is 13.0 Å². The maximum absolute atomic E-state index is 13.4. The number of carbonyl (C=O) groups excluding carboxylic acids is 2. The fourth-order valence-corrected chi connectivity index (χ4v) is 4.93. The molecule has 2 atom stereocenters. The molecule has 0 bridgehead atoms. The zero-order chi connectivity index (χ0) is 20.2. The van der Waals surface area contributed by atoms with Crippen LogP contribution in [0, 0.1) is 0 Å². The largest absolute Gasteiger partial charge is 0.464 e. The Morgan fingerprint density at radius 1 is 1.24 bits per heavy atom. The Labute approximate surface area is 174 Å². The van der Waals surface area contributed by atoms with Gasteiger partial charge in [-0.1, -0.05) is 18.1 Å². The SMILES string of the molecule is COC(=O)c1cn([C@@H]2C[C@@H](C(=O)N3CCCCCC3)N(Cc3ccsc3)C2)nn1. The van der Waals surface area contributed by atoms with Crippen LogP contribution in [0.25, 0.3) is 0 Å². The van der Waals surface area contributed by atoms with E-state index in [4.69, 9.17) is 4.74 Å². The third kappa shape index (κ3) is 4.51. The molecule has 2 saturated heterocycles. The second-order valence-corrected chi connectivity index (χ2v) is 8.56. The Kier molecular flexibility index (Phi) is 6.25. The van der Waals surface area contributed by atoms with Gasteiger partial charge in [-0.25, -0.2) is 9.48 Å². The standard InChI is InChI=1S/C20H27N5O3S/c1-28-20(27)17-13-25(22-21-17)16-10-18(19(26)23-7-4-2-3-5-8-23)24(12-16)11-15-6-9-29-14-15/h6,9,13-14,16,18H,2-5,7-8,10-12H2,1H3/t16-,18+/m1/s1. The molecule has 156 valence electrons. The number of hydrogen-bond donors (Lipinski definition) is 0. The second-order valence-electron chi connectivity index (χ2n) is 7.78. The van der Waals surface area contributed by atoms with E-state index >= 15 is 0 Å². The van der Waals surface area contributed by atoms with Crippen molar-refractivity contribution >= 4 is 23.2 Å². The number of methoxy groups -OCH3 is 1. The molecule has 1 amide bonds. The lowest BCUT2D eigenvalue weighted by Crippen LogP contribution is -2.45. The quantitative estimate of drug-likeness (QED) is 0.695. The minimum Gasteiger partial charge on any atom is -0.464 e. The minimum atomic E-state index is -0.499. The molecule has 0 radical (unpaired) electrons. The molecular weight excluding hydrogens is 390 g/mol. The summed E-state index contributed by atoms with van der Waals surface area (Å²) in [5, 5.41) is 12.3. The van der Waals surface area contributed by atoms with Crippen LogP contribution in [0.5, 0.6) is 0 Å². The van der Waals surface area contributed by atoms with E-state index in [1.807, 2.05) is 4.90 Å². The highest BCUT2D eigenvalue weighted by atomic mass is 32.1. The van der Waals surface area contributed by atoms with Crippen LogP contribution in [0.1, 0.15) is 54.2 Å². The highest BCUT2D eigenvalue weighted by Crippen LogP contribution is 2.30. The van der Waals surface area contributed by atoms with Crippen molar-refractivity contribution < 1.29 is 14.3 Å². The molecule has 0 aromatic carbocycles. The molecule has 4 heterocycles. The fraction of sp³-hybridized carbons (Fsp3) is 0.600.